The Morgan fingerprint density at radius 1 is 1.38 bits per heavy atom. The van der Waals surface area contributed by atoms with Crippen LogP contribution >= 0.6 is 11.6 Å². The number of rotatable bonds is 2. The second-order valence-electron chi connectivity index (χ2n) is 5.72. The minimum atomic E-state index is 0.199. The quantitative estimate of drug-likeness (QED) is 0.925. The lowest BCUT2D eigenvalue weighted by atomic mass is 10.1. The van der Waals surface area contributed by atoms with E-state index in [0.29, 0.717) is 17.1 Å². The molecule has 2 aromatic rings. The summed E-state index contributed by atoms with van der Waals surface area (Å²) in [5, 5.41) is 11.9. The maximum atomic E-state index is 10.5. The lowest BCUT2D eigenvalue weighted by Crippen LogP contribution is -2.44. The number of aromatic hydroxyl groups is 1. The zero-order chi connectivity index (χ0) is 15.0. The highest BCUT2D eigenvalue weighted by atomic mass is 35.5. The Morgan fingerprint density at radius 3 is 2.81 bits per heavy atom. The Morgan fingerprint density at radius 2 is 2.10 bits per heavy atom. The molecule has 3 rings (SSSR count). The van der Waals surface area contributed by atoms with Crippen molar-refractivity contribution in [2.24, 2.45) is 0 Å². The monoisotopic (exact) mass is 306 g/mol. The number of benzene rings is 1. The van der Waals surface area contributed by atoms with Crippen LogP contribution in [0, 0.1) is 0 Å². The van der Waals surface area contributed by atoms with Crippen molar-refractivity contribution in [3.63, 3.8) is 0 Å². The van der Waals surface area contributed by atoms with Gasteiger partial charge in [0.15, 0.2) is 0 Å². The van der Waals surface area contributed by atoms with E-state index in [1.807, 2.05) is 18.2 Å². The van der Waals surface area contributed by atoms with E-state index in [0.717, 1.165) is 24.0 Å². The molecule has 0 amide bonds. The van der Waals surface area contributed by atoms with Crippen molar-refractivity contribution >= 4 is 22.5 Å². The van der Waals surface area contributed by atoms with Crippen molar-refractivity contribution in [3.05, 3.63) is 35.0 Å². The summed E-state index contributed by atoms with van der Waals surface area (Å²) in [6.07, 6.45) is 2.07. The van der Waals surface area contributed by atoms with Crippen molar-refractivity contribution < 1.29 is 9.84 Å². The fraction of sp³-hybridized carbons (Fsp3) is 0.438. The summed E-state index contributed by atoms with van der Waals surface area (Å²) in [7, 11) is 0. The highest BCUT2D eigenvalue weighted by molar-refractivity contribution is 6.35. The second-order valence-corrected chi connectivity index (χ2v) is 6.12. The van der Waals surface area contributed by atoms with Crippen LogP contribution in [0.2, 0.25) is 5.02 Å². The molecule has 0 bridgehead atoms. The number of phenols is 1. The van der Waals surface area contributed by atoms with E-state index in [1.54, 1.807) is 6.20 Å². The Kier molecular flexibility index (Phi) is 4.02. The molecule has 0 aliphatic carbocycles. The molecule has 1 fully saturated rings. The van der Waals surface area contributed by atoms with Gasteiger partial charge in [0, 0.05) is 36.8 Å². The third-order valence-corrected chi connectivity index (χ3v) is 4.10. The number of hydrogen-bond donors (Lipinski definition) is 1. The normalized spacial score (nSPS) is 23.6. The molecule has 5 heteroatoms. The Balaban J connectivity index is 1.92. The van der Waals surface area contributed by atoms with E-state index >= 15 is 0 Å². The minimum absolute atomic E-state index is 0.199. The first-order valence-electron chi connectivity index (χ1n) is 7.17. The fourth-order valence-corrected chi connectivity index (χ4v) is 3.30. The predicted molar refractivity (Wildman–Crippen MR) is 83.7 cm³/mol. The van der Waals surface area contributed by atoms with Gasteiger partial charge in [0.25, 0.3) is 0 Å². The molecule has 2 heterocycles. The van der Waals surface area contributed by atoms with E-state index in [2.05, 4.69) is 23.7 Å². The molecule has 4 nitrogen and oxygen atoms in total. The van der Waals surface area contributed by atoms with E-state index in [1.165, 1.54) is 0 Å². The van der Waals surface area contributed by atoms with Crippen LogP contribution in [0.4, 0.5) is 0 Å². The topological polar surface area (TPSA) is 45.6 Å². The van der Waals surface area contributed by atoms with Crippen LogP contribution < -0.4 is 0 Å². The van der Waals surface area contributed by atoms with Crippen molar-refractivity contribution in [3.8, 4) is 5.75 Å². The Labute approximate surface area is 129 Å². The Bertz CT molecular complexity index is 652. The maximum absolute atomic E-state index is 10.5. The van der Waals surface area contributed by atoms with Gasteiger partial charge in [0.1, 0.15) is 11.3 Å². The van der Waals surface area contributed by atoms with Gasteiger partial charge in [-0.15, -0.1) is 0 Å². The van der Waals surface area contributed by atoms with Crippen molar-refractivity contribution in [2.45, 2.75) is 32.6 Å². The van der Waals surface area contributed by atoms with Crippen LogP contribution in [0.25, 0.3) is 10.9 Å². The molecule has 2 atom stereocenters. The molecule has 1 aliphatic heterocycles. The van der Waals surface area contributed by atoms with Crippen LogP contribution in [-0.2, 0) is 11.3 Å². The summed E-state index contributed by atoms with van der Waals surface area (Å²) in [5.41, 5.74) is 1.38. The SMILES string of the molecule is C[C@@H]1CN(Cc2cc(Cl)c3cccnc3c2O)C[C@@H](C)O1. The van der Waals surface area contributed by atoms with Crippen LogP contribution in [0.3, 0.4) is 0 Å². The largest absolute Gasteiger partial charge is 0.505 e. The molecule has 1 N–H and O–H groups in total. The van der Waals surface area contributed by atoms with Gasteiger partial charge in [-0.2, -0.15) is 0 Å². The third-order valence-electron chi connectivity index (χ3n) is 3.78. The number of aromatic nitrogens is 1. The lowest BCUT2D eigenvalue weighted by molar-refractivity contribution is -0.0706. The van der Waals surface area contributed by atoms with Gasteiger partial charge in [-0.3, -0.25) is 9.88 Å². The van der Waals surface area contributed by atoms with Crippen LogP contribution in [-0.4, -0.2) is 40.3 Å². The number of halogens is 1. The number of hydrogen-bond acceptors (Lipinski definition) is 4. The first-order valence-corrected chi connectivity index (χ1v) is 7.55. The maximum Gasteiger partial charge on any atom is 0.146 e. The Hall–Kier alpha value is -1.36. The molecule has 1 aromatic carbocycles. The lowest BCUT2D eigenvalue weighted by Gasteiger charge is -2.35. The number of morpholine rings is 1. The average molecular weight is 307 g/mol. The van der Waals surface area contributed by atoms with E-state index in [9.17, 15) is 5.11 Å². The van der Waals surface area contributed by atoms with Crippen LogP contribution in [0.5, 0.6) is 5.75 Å². The highest BCUT2D eigenvalue weighted by Gasteiger charge is 2.23. The molecule has 1 aliphatic rings. The summed E-state index contributed by atoms with van der Waals surface area (Å²) in [4.78, 5) is 6.52. The predicted octanol–water partition coefficient (Wildman–Crippen LogP) is 3.20. The first kappa shape index (κ1) is 14.6. The summed E-state index contributed by atoms with van der Waals surface area (Å²) in [6.45, 7) is 6.48. The molecular formula is C16H19ClN2O2. The average Bonchev–Trinajstić information content (AvgIpc) is 2.43. The molecule has 1 saturated heterocycles. The van der Waals surface area contributed by atoms with Gasteiger partial charge in [0.05, 0.1) is 17.2 Å². The minimum Gasteiger partial charge on any atom is -0.505 e. The molecule has 0 saturated carbocycles. The highest BCUT2D eigenvalue weighted by Crippen LogP contribution is 2.33. The van der Waals surface area contributed by atoms with Gasteiger partial charge in [-0.05, 0) is 32.0 Å². The van der Waals surface area contributed by atoms with Crippen molar-refractivity contribution in [1.29, 1.82) is 0 Å². The standard InChI is InChI=1S/C16H19ClN2O2/c1-10-7-19(8-11(2)21-10)9-12-6-14(17)13-4-3-5-18-15(13)16(12)20/h3-6,10-11,20H,7-9H2,1-2H3/t10-,11-/m1/s1. The zero-order valence-electron chi connectivity index (χ0n) is 12.2. The van der Waals surface area contributed by atoms with Gasteiger partial charge in [-0.25, -0.2) is 0 Å². The van der Waals surface area contributed by atoms with Crippen LogP contribution in [0.1, 0.15) is 19.4 Å². The van der Waals surface area contributed by atoms with Gasteiger partial charge >= 0.3 is 0 Å². The van der Waals surface area contributed by atoms with E-state index in [4.69, 9.17) is 16.3 Å². The molecule has 0 unspecified atom stereocenters. The second kappa shape index (κ2) is 5.79. The summed E-state index contributed by atoms with van der Waals surface area (Å²) < 4.78 is 5.74. The number of pyridine rings is 1. The first-order chi connectivity index (χ1) is 10.0. The van der Waals surface area contributed by atoms with E-state index in [-0.39, 0.29) is 18.0 Å². The number of nitrogens with zero attached hydrogens (tertiary/aromatic N) is 2. The smallest absolute Gasteiger partial charge is 0.146 e. The number of phenolic OH excluding ortho intramolecular Hbond substituents is 1. The molecule has 1 aromatic heterocycles. The van der Waals surface area contributed by atoms with E-state index < -0.39 is 0 Å². The van der Waals surface area contributed by atoms with Gasteiger partial charge in [0.2, 0.25) is 0 Å². The fourth-order valence-electron chi connectivity index (χ4n) is 3.01. The molecular weight excluding hydrogens is 288 g/mol. The zero-order valence-corrected chi connectivity index (χ0v) is 13.0. The number of fused-ring (bicyclic) bond motifs is 1. The van der Waals surface area contributed by atoms with Crippen molar-refractivity contribution in [1.82, 2.24) is 9.88 Å². The summed E-state index contributed by atoms with van der Waals surface area (Å²) in [6, 6.07) is 5.53. The molecule has 0 spiro atoms. The van der Waals surface area contributed by atoms with Crippen LogP contribution in [0.15, 0.2) is 24.4 Å². The van der Waals surface area contributed by atoms with Gasteiger partial charge in [-0.1, -0.05) is 11.6 Å². The molecule has 0 radical (unpaired) electrons. The summed E-state index contributed by atoms with van der Waals surface area (Å²) >= 11 is 6.31. The number of ether oxygens (including phenoxy) is 1. The molecule has 112 valence electrons. The summed E-state index contributed by atoms with van der Waals surface area (Å²) in [5.74, 6) is 0.224. The van der Waals surface area contributed by atoms with Gasteiger partial charge < -0.3 is 9.84 Å². The molecule has 21 heavy (non-hydrogen) atoms. The third kappa shape index (κ3) is 2.98. The van der Waals surface area contributed by atoms with Crippen molar-refractivity contribution in [2.75, 3.05) is 13.1 Å².